The summed E-state index contributed by atoms with van der Waals surface area (Å²) in [4.78, 5) is 3.55. The van der Waals surface area contributed by atoms with Gasteiger partial charge in [0.05, 0.1) is 0 Å². The molecular formula is C7H6ClF2NO. The van der Waals surface area contributed by atoms with E-state index in [0.29, 0.717) is 0 Å². The van der Waals surface area contributed by atoms with Gasteiger partial charge < -0.3 is 5.11 Å². The fourth-order valence-corrected chi connectivity index (χ4v) is 0.986. The molecule has 0 spiro atoms. The Labute approximate surface area is 72.8 Å². The zero-order chi connectivity index (χ0) is 9.14. The summed E-state index contributed by atoms with van der Waals surface area (Å²) < 4.78 is 23.9. The van der Waals surface area contributed by atoms with E-state index in [2.05, 4.69) is 4.98 Å². The predicted octanol–water partition coefficient (Wildman–Crippen LogP) is 2.03. The molecule has 0 radical (unpaired) electrons. The summed E-state index contributed by atoms with van der Waals surface area (Å²) in [6.45, 7) is 0. The first-order chi connectivity index (χ1) is 5.63. The first-order valence-corrected chi connectivity index (χ1v) is 3.57. The molecule has 1 aromatic heterocycles. The Morgan fingerprint density at radius 2 is 2.17 bits per heavy atom. The maximum absolute atomic E-state index is 12.0. The van der Waals surface area contributed by atoms with Gasteiger partial charge in [0.1, 0.15) is 11.3 Å². The average Bonchev–Trinajstić information content (AvgIpc) is 2.04. The van der Waals surface area contributed by atoms with E-state index in [0.717, 1.165) is 0 Å². The number of aromatic nitrogens is 1. The molecule has 0 amide bonds. The molecule has 1 unspecified atom stereocenters. The third kappa shape index (κ3) is 1.89. The van der Waals surface area contributed by atoms with Gasteiger partial charge >= 0.3 is 0 Å². The lowest BCUT2D eigenvalue weighted by Crippen LogP contribution is -2.08. The smallest absolute Gasteiger partial charge is 0.268 e. The second-order valence-electron chi connectivity index (χ2n) is 2.16. The van der Waals surface area contributed by atoms with Crippen molar-refractivity contribution < 1.29 is 13.9 Å². The maximum Gasteiger partial charge on any atom is 0.268 e. The number of alkyl halides is 2. The largest absolute Gasteiger partial charge is 0.382 e. The number of pyridine rings is 1. The van der Waals surface area contributed by atoms with E-state index in [1.54, 1.807) is 0 Å². The van der Waals surface area contributed by atoms with Crippen molar-refractivity contribution in [2.75, 3.05) is 0 Å². The Kier molecular flexibility index (Phi) is 2.94. The first-order valence-electron chi connectivity index (χ1n) is 3.19. The van der Waals surface area contributed by atoms with Crippen molar-refractivity contribution in [2.24, 2.45) is 0 Å². The summed E-state index contributed by atoms with van der Waals surface area (Å²) in [5.41, 5.74) is -0.0471. The predicted molar refractivity (Wildman–Crippen MR) is 40.2 cm³/mol. The van der Waals surface area contributed by atoms with Crippen LogP contribution in [0.4, 0.5) is 8.78 Å². The summed E-state index contributed by atoms with van der Waals surface area (Å²) in [7, 11) is 0. The van der Waals surface area contributed by atoms with E-state index in [1.165, 1.54) is 18.3 Å². The summed E-state index contributed by atoms with van der Waals surface area (Å²) in [5, 5.41) is 8.81. The third-order valence-corrected chi connectivity index (χ3v) is 1.66. The Morgan fingerprint density at radius 1 is 1.50 bits per heavy atom. The molecule has 2 nitrogen and oxygen atoms in total. The minimum atomic E-state index is -2.84. The molecule has 1 N–H and O–H groups in total. The van der Waals surface area contributed by atoms with Crippen LogP contribution in [-0.2, 0) is 0 Å². The van der Waals surface area contributed by atoms with Gasteiger partial charge in [-0.25, -0.2) is 13.8 Å². The van der Waals surface area contributed by atoms with E-state index in [4.69, 9.17) is 16.7 Å². The molecule has 1 atom stereocenters. The number of halogens is 3. The Balaban J connectivity index is 2.94. The molecule has 1 rings (SSSR count). The van der Waals surface area contributed by atoms with Crippen molar-refractivity contribution >= 4 is 11.6 Å². The lowest BCUT2D eigenvalue weighted by atomic mass is 10.2. The molecule has 1 aromatic rings. The highest BCUT2D eigenvalue weighted by Crippen LogP contribution is 2.24. The summed E-state index contributed by atoms with van der Waals surface area (Å²) in [6.07, 6.45) is -3.33. The topological polar surface area (TPSA) is 33.1 Å². The summed E-state index contributed by atoms with van der Waals surface area (Å²) in [5.74, 6) is 0. The molecule has 5 heteroatoms. The van der Waals surface area contributed by atoms with Crippen LogP contribution in [-0.4, -0.2) is 16.5 Å². The second kappa shape index (κ2) is 3.78. The highest BCUT2D eigenvalue weighted by Gasteiger charge is 2.21. The van der Waals surface area contributed by atoms with E-state index in [-0.39, 0.29) is 10.7 Å². The fraction of sp³-hybridized carbons (Fsp3) is 0.286. The standard InChI is InChI=1S/C7H6ClF2NO/c8-6-4(2-1-3-11-6)5(12)7(9)10/h1-3,5,7,12H. The highest BCUT2D eigenvalue weighted by atomic mass is 35.5. The molecule has 0 saturated heterocycles. The van der Waals surface area contributed by atoms with Crippen molar-refractivity contribution in [3.05, 3.63) is 29.0 Å². The average molecular weight is 194 g/mol. The van der Waals surface area contributed by atoms with Crippen LogP contribution in [0.3, 0.4) is 0 Å². The maximum atomic E-state index is 12.0. The SMILES string of the molecule is OC(c1cccnc1Cl)C(F)F. The molecular weight excluding hydrogens is 188 g/mol. The minimum Gasteiger partial charge on any atom is -0.382 e. The van der Waals surface area contributed by atoms with Crippen LogP contribution in [0.2, 0.25) is 5.15 Å². The number of aliphatic hydroxyl groups excluding tert-OH is 1. The van der Waals surface area contributed by atoms with Crippen LogP contribution in [0, 0.1) is 0 Å². The number of hydrogen-bond acceptors (Lipinski definition) is 2. The van der Waals surface area contributed by atoms with Crippen LogP contribution in [0.1, 0.15) is 11.7 Å². The number of aliphatic hydroxyl groups is 1. The van der Waals surface area contributed by atoms with Gasteiger partial charge in [-0.3, -0.25) is 0 Å². The number of nitrogens with zero attached hydrogens (tertiary/aromatic N) is 1. The van der Waals surface area contributed by atoms with E-state index in [9.17, 15) is 8.78 Å². The molecule has 0 fully saturated rings. The minimum absolute atomic E-state index is 0.0471. The first kappa shape index (κ1) is 9.35. The van der Waals surface area contributed by atoms with Gasteiger partial charge in [-0.05, 0) is 6.07 Å². The highest BCUT2D eigenvalue weighted by molar-refractivity contribution is 6.30. The van der Waals surface area contributed by atoms with Crippen LogP contribution >= 0.6 is 11.6 Å². The quantitative estimate of drug-likeness (QED) is 0.730. The fourth-order valence-electron chi connectivity index (χ4n) is 0.755. The molecule has 66 valence electrons. The van der Waals surface area contributed by atoms with Crippen molar-refractivity contribution in [2.45, 2.75) is 12.5 Å². The number of hydrogen-bond donors (Lipinski definition) is 1. The summed E-state index contributed by atoms with van der Waals surface area (Å²) in [6, 6.07) is 2.75. The van der Waals surface area contributed by atoms with Crippen LogP contribution in [0.25, 0.3) is 0 Å². The second-order valence-corrected chi connectivity index (χ2v) is 2.52. The van der Waals surface area contributed by atoms with Crippen molar-refractivity contribution in [3.8, 4) is 0 Å². The van der Waals surface area contributed by atoms with Gasteiger partial charge in [0.2, 0.25) is 0 Å². The van der Waals surface area contributed by atoms with Gasteiger partial charge in [-0.15, -0.1) is 0 Å². The molecule has 0 saturated carbocycles. The zero-order valence-electron chi connectivity index (χ0n) is 5.92. The lowest BCUT2D eigenvalue weighted by Gasteiger charge is -2.09. The van der Waals surface area contributed by atoms with E-state index in [1.807, 2.05) is 0 Å². The van der Waals surface area contributed by atoms with Gasteiger partial charge in [0.15, 0.2) is 0 Å². The summed E-state index contributed by atoms with van der Waals surface area (Å²) >= 11 is 5.46. The molecule has 0 aromatic carbocycles. The Morgan fingerprint density at radius 3 is 2.67 bits per heavy atom. The van der Waals surface area contributed by atoms with Crippen LogP contribution in [0.15, 0.2) is 18.3 Å². The van der Waals surface area contributed by atoms with Crippen LogP contribution < -0.4 is 0 Å². The normalized spacial score (nSPS) is 13.4. The zero-order valence-corrected chi connectivity index (χ0v) is 6.67. The van der Waals surface area contributed by atoms with Crippen molar-refractivity contribution in [1.82, 2.24) is 4.98 Å². The molecule has 0 aliphatic carbocycles. The van der Waals surface area contributed by atoms with Crippen molar-refractivity contribution in [3.63, 3.8) is 0 Å². The van der Waals surface area contributed by atoms with Crippen molar-refractivity contribution in [1.29, 1.82) is 0 Å². The third-order valence-electron chi connectivity index (χ3n) is 1.35. The number of rotatable bonds is 2. The molecule has 1 heterocycles. The van der Waals surface area contributed by atoms with E-state index >= 15 is 0 Å². The Hall–Kier alpha value is -0.740. The van der Waals surface area contributed by atoms with E-state index < -0.39 is 12.5 Å². The Bertz CT molecular complexity index is 269. The molecule has 0 aliphatic heterocycles. The molecule has 0 bridgehead atoms. The lowest BCUT2D eigenvalue weighted by molar-refractivity contribution is -0.00590. The van der Waals surface area contributed by atoms with Gasteiger partial charge in [0.25, 0.3) is 6.43 Å². The van der Waals surface area contributed by atoms with Gasteiger partial charge in [-0.2, -0.15) is 0 Å². The van der Waals surface area contributed by atoms with Crippen LogP contribution in [0.5, 0.6) is 0 Å². The molecule has 12 heavy (non-hydrogen) atoms. The monoisotopic (exact) mass is 193 g/mol. The van der Waals surface area contributed by atoms with Gasteiger partial charge in [0, 0.05) is 11.8 Å². The van der Waals surface area contributed by atoms with Gasteiger partial charge in [-0.1, -0.05) is 17.7 Å². The molecule has 0 aliphatic rings.